The molecule has 1 N–H and O–H groups in total. The molecule has 0 heterocycles. The van der Waals surface area contributed by atoms with E-state index in [1.165, 1.54) is 6.08 Å². The molecule has 0 amide bonds. The van der Waals surface area contributed by atoms with Crippen LogP contribution in [0.5, 0.6) is 0 Å². The highest BCUT2D eigenvalue weighted by molar-refractivity contribution is 5.81. The Bertz CT molecular complexity index is 210. The lowest BCUT2D eigenvalue weighted by atomic mass is 10.2. The number of hydrogen-bond acceptors (Lipinski definition) is 1. The van der Waals surface area contributed by atoms with Crippen LogP contribution >= 0.6 is 0 Å². The van der Waals surface area contributed by atoms with Gasteiger partial charge in [-0.2, -0.15) is 0 Å². The van der Waals surface area contributed by atoms with Gasteiger partial charge in [0.2, 0.25) is 0 Å². The van der Waals surface area contributed by atoms with E-state index in [1.807, 2.05) is 19.1 Å². The molecule has 2 nitrogen and oxygen atoms in total. The van der Waals surface area contributed by atoms with Crippen LogP contribution in [-0.4, -0.2) is 11.1 Å². The highest BCUT2D eigenvalue weighted by atomic mass is 16.4. The molecule has 11 heavy (non-hydrogen) atoms. The quantitative estimate of drug-likeness (QED) is 0.497. The molecule has 0 aliphatic heterocycles. The normalized spacial score (nSPS) is 13.1. The van der Waals surface area contributed by atoms with Crippen LogP contribution in [-0.2, 0) is 4.79 Å². The third kappa shape index (κ3) is 6.58. The first-order valence-electron chi connectivity index (χ1n) is 3.37. The van der Waals surface area contributed by atoms with Crippen molar-refractivity contribution in [3.8, 4) is 0 Å². The van der Waals surface area contributed by atoms with E-state index in [1.54, 1.807) is 19.1 Å². The first-order chi connectivity index (χ1) is 5.16. The lowest BCUT2D eigenvalue weighted by Crippen LogP contribution is -1.87. The van der Waals surface area contributed by atoms with Gasteiger partial charge >= 0.3 is 5.97 Å². The van der Waals surface area contributed by atoms with E-state index in [-0.39, 0.29) is 0 Å². The lowest BCUT2D eigenvalue weighted by Gasteiger charge is -1.85. The second-order valence-electron chi connectivity index (χ2n) is 2.11. The first kappa shape index (κ1) is 9.69. The van der Waals surface area contributed by atoms with Crippen molar-refractivity contribution in [1.29, 1.82) is 0 Å². The number of rotatable bonds is 3. The molecule has 0 aromatic heterocycles. The van der Waals surface area contributed by atoms with Crippen LogP contribution in [0.4, 0.5) is 0 Å². The summed E-state index contributed by atoms with van der Waals surface area (Å²) in [4.78, 5) is 10.1. The highest BCUT2D eigenvalue weighted by Crippen LogP contribution is 1.94. The first-order valence-corrected chi connectivity index (χ1v) is 3.37. The van der Waals surface area contributed by atoms with Gasteiger partial charge in [-0.15, -0.1) is 0 Å². The molecule has 60 valence electrons. The predicted molar refractivity (Wildman–Crippen MR) is 45.3 cm³/mol. The van der Waals surface area contributed by atoms with Crippen molar-refractivity contribution >= 4 is 5.97 Å². The number of allylic oxidation sites excluding steroid dienone is 5. The fraction of sp³-hybridized carbons (Fsp3) is 0.222. The second kappa shape index (κ2) is 5.47. The largest absolute Gasteiger partial charge is 0.478 e. The number of hydrogen-bond donors (Lipinski definition) is 1. The van der Waals surface area contributed by atoms with E-state index in [4.69, 9.17) is 5.11 Å². The molecule has 2 heteroatoms. The molecule has 0 saturated carbocycles. The molecule has 0 aromatic rings. The van der Waals surface area contributed by atoms with Gasteiger partial charge in [0.15, 0.2) is 0 Å². The van der Waals surface area contributed by atoms with Gasteiger partial charge in [0.05, 0.1) is 0 Å². The molecule has 0 unspecified atom stereocenters. The van der Waals surface area contributed by atoms with Crippen molar-refractivity contribution in [3.05, 3.63) is 36.0 Å². The highest BCUT2D eigenvalue weighted by Gasteiger charge is 1.87. The minimum atomic E-state index is -0.910. The Morgan fingerprint density at radius 3 is 2.45 bits per heavy atom. The third-order valence-electron chi connectivity index (χ3n) is 1.01. The Labute approximate surface area is 66.5 Å². The number of carbonyl (C=O) groups is 1. The van der Waals surface area contributed by atoms with Gasteiger partial charge in [-0.25, -0.2) is 4.79 Å². The van der Waals surface area contributed by atoms with E-state index in [0.717, 1.165) is 5.57 Å². The Hall–Kier alpha value is -1.31. The number of carboxylic acids is 1. The van der Waals surface area contributed by atoms with Crippen molar-refractivity contribution in [2.45, 2.75) is 13.8 Å². The molecule has 0 aliphatic carbocycles. The van der Waals surface area contributed by atoms with E-state index in [0.29, 0.717) is 0 Å². The van der Waals surface area contributed by atoms with Gasteiger partial charge in [-0.1, -0.05) is 24.3 Å². The predicted octanol–water partition coefficient (Wildman–Crippen LogP) is 2.15. The summed E-state index contributed by atoms with van der Waals surface area (Å²) in [5.74, 6) is -0.910. The SMILES string of the molecule is C/C=C/C=C/C(C)=C/C(=O)O. The monoisotopic (exact) mass is 152 g/mol. The van der Waals surface area contributed by atoms with Gasteiger partial charge < -0.3 is 5.11 Å². The van der Waals surface area contributed by atoms with Crippen LogP contribution in [0.3, 0.4) is 0 Å². The van der Waals surface area contributed by atoms with Gasteiger partial charge in [-0.3, -0.25) is 0 Å². The summed E-state index contributed by atoms with van der Waals surface area (Å²) in [7, 11) is 0. The Kier molecular flexibility index (Phi) is 4.82. The molecule has 0 aliphatic rings. The van der Waals surface area contributed by atoms with E-state index < -0.39 is 5.97 Å². The minimum absolute atomic E-state index is 0.732. The van der Waals surface area contributed by atoms with E-state index >= 15 is 0 Å². The summed E-state index contributed by atoms with van der Waals surface area (Å²) in [6.07, 6.45) is 8.44. The van der Waals surface area contributed by atoms with Crippen LogP contribution in [0.1, 0.15) is 13.8 Å². The lowest BCUT2D eigenvalue weighted by molar-refractivity contribution is -0.131. The maximum atomic E-state index is 10.1. The summed E-state index contributed by atoms with van der Waals surface area (Å²) in [5.41, 5.74) is 0.732. The van der Waals surface area contributed by atoms with Crippen LogP contribution in [0.2, 0.25) is 0 Å². The zero-order valence-corrected chi connectivity index (χ0v) is 6.74. The molecule has 0 rings (SSSR count). The molecule has 0 bridgehead atoms. The Balaban J connectivity index is 4.05. The molecule has 0 saturated heterocycles. The summed E-state index contributed by atoms with van der Waals surface area (Å²) < 4.78 is 0. The van der Waals surface area contributed by atoms with Gasteiger partial charge in [0.25, 0.3) is 0 Å². The fourth-order valence-electron chi connectivity index (χ4n) is 0.561. The third-order valence-corrected chi connectivity index (χ3v) is 1.01. The summed E-state index contributed by atoms with van der Waals surface area (Å²) in [5, 5.41) is 8.31. The molecule has 0 fully saturated rings. The number of aliphatic carboxylic acids is 1. The van der Waals surface area contributed by atoms with E-state index in [9.17, 15) is 4.79 Å². The zero-order chi connectivity index (χ0) is 8.69. The molecule has 0 aromatic carbocycles. The molecule has 0 radical (unpaired) electrons. The van der Waals surface area contributed by atoms with Crippen LogP contribution in [0.15, 0.2) is 36.0 Å². The Morgan fingerprint density at radius 2 is 2.00 bits per heavy atom. The van der Waals surface area contributed by atoms with Gasteiger partial charge in [0.1, 0.15) is 0 Å². The summed E-state index contributed by atoms with van der Waals surface area (Å²) in [6, 6.07) is 0. The van der Waals surface area contributed by atoms with E-state index in [2.05, 4.69) is 0 Å². The Morgan fingerprint density at radius 1 is 1.36 bits per heavy atom. The van der Waals surface area contributed by atoms with Crippen LogP contribution in [0.25, 0.3) is 0 Å². The smallest absolute Gasteiger partial charge is 0.328 e. The number of carboxylic acid groups (broad SMARTS) is 1. The maximum Gasteiger partial charge on any atom is 0.328 e. The van der Waals surface area contributed by atoms with Crippen molar-refractivity contribution in [3.63, 3.8) is 0 Å². The molecular weight excluding hydrogens is 140 g/mol. The average molecular weight is 152 g/mol. The second-order valence-corrected chi connectivity index (χ2v) is 2.11. The van der Waals surface area contributed by atoms with Crippen molar-refractivity contribution in [1.82, 2.24) is 0 Å². The van der Waals surface area contributed by atoms with Gasteiger partial charge in [0, 0.05) is 6.08 Å². The van der Waals surface area contributed by atoms with Crippen molar-refractivity contribution in [2.75, 3.05) is 0 Å². The average Bonchev–Trinajstić information content (AvgIpc) is 1.86. The van der Waals surface area contributed by atoms with Crippen LogP contribution in [0, 0.1) is 0 Å². The standard InChI is InChI=1S/C9H12O2/c1-3-4-5-6-8(2)7-9(10)11/h3-7H,1-2H3,(H,10,11)/b4-3+,6-5+,8-7+. The molecule has 0 atom stereocenters. The van der Waals surface area contributed by atoms with Crippen molar-refractivity contribution in [2.24, 2.45) is 0 Å². The molecular formula is C9H12O2. The fourth-order valence-corrected chi connectivity index (χ4v) is 0.561. The topological polar surface area (TPSA) is 37.3 Å². The zero-order valence-electron chi connectivity index (χ0n) is 6.74. The maximum absolute atomic E-state index is 10.1. The summed E-state index contributed by atoms with van der Waals surface area (Å²) >= 11 is 0. The van der Waals surface area contributed by atoms with Crippen LogP contribution < -0.4 is 0 Å². The van der Waals surface area contributed by atoms with Crippen molar-refractivity contribution < 1.29 is 9.90 Å². The minimum Gasteiger partial charge on any atom is -0.478 e. The molecule has 0 spiro atoms. The summed E-state index contributed by atoms with van der Waals surface area (Å²) in [6.45, 7) is 3.65. The van der Waals surface area contributed by atoms with Gasteiger partial charge in [-0.05, 0) is 19.4 Å².